The highest BCUT2D eigenvalue weighted by atomic mass is 79.9. The SMILES string of the molecule is Nc1ccc(Br)c2c1COCC2. The van der Waals surface area contributed by atoms with Crippen molar-refractivity contribution >= 4 is 21.6 Å². The number of nitrogens with two attached hydrogens (primary N) is 1. The lowest BCUT2D eigenvalue weighted by molar-refractivity contribution is 0.111. The average Bonchev–Trinajstić information content (AvgIpc) is 2.12. The van der Waals surface area contributed by atoms with Crippen LogP contribution in [0.25, 0.3) is 0 Å². The van der Waals surface area contributed by atoms with Crippen molar-refractivity contribution in [2.45, 2.75) is 13.0 Å². The molecular formula is C9H10BrNO. The van der Waals surface area contributed by atoms with Gasteiger partial charge in [-0.2, -0.15) is 0 Å². The first-order valence-corrected chi connectivity index (χ1v) is 4.72. The number of nitrogen functional groups attached to an aromatic ring is 1. The highest BCUT2D eigenvalue weighted by Gasteiger charge is 2.14. The van der Waals surface area contributed by atoms with Crippen molar-refractivity contribution in [3.05, 3.63) is 27.7 Å². The Labute approximate surface area is 79.8 Å². The Balaban J connectivity index is 2.57. The van der Waals surface area contributed by atoms with Crippen LogP contribution >= 0.6 is 15.9 Å². The highest BCUT2D eigenvalue weighted by Crippen LogP contribution is 2.29. The fourth-order valence-corrected chi connectivity index (χ4v) is 2.04. The van der Waals surface area contributed by atoms with Crippen LogP contribution in [0.5, 0.6) is 0 Å². The maximum Gasteiger partial charge on any atom is 0.0740 e. The Morgan fingerprint density at radius 1 is 1.33 bits per heavy atom. The summed E-state index contributed by atoms with van der Waals surface area (Å²) in [6.07, 6.45) is 0.959. The third kappa shape index (κ3) is 1.23. The standard InChI is InChI=1S/C9H10BrNO/c10-8-1-2-9(11)7-5-12-4-3-6(7)8/h1-2H,3-5,11H2. The van der Waals surface area contributed by atoms with E-state index in [2.05, 4.69) is 15.9 Å². The molecule has 2 nitrogen and oxygen atoms in total. The maximum atomic E-state index is 5.81. The first kappa shape index (κ1) is 8.08. The van der Waals surface area contributed by atoms with Crippen molar-refractivity contribution in [1.29, 1.82) is 0 Å². The summed E-state index contributed by atoms with van der Waals surface area (Å²) in [4.78, 5) is 0. The second kappa shape index (κ2) is 3.07. The van der Waals surface area contributed by atoms with E-state index in [1.807, 2.05) is 12.1 Å². The number of fused-ring (bicyclic) bond motifs is 1. The quantitative estimate of drug-likeness (QED) is 0.690. The van der Waals surface area contributed by atoms with Gasteiger partial charge in [0.25, 0.3) is 0 Å². The van der Waals surface area contributed by atoms with Gasteiger partial charge in [-0.05, 0) is 24.1 Å². The van der Waals surface area contributed by atoms with Gasteiger partial charge in [-0.25, -0.2) is 0 Å². The molecule has 1 aromatic rings. The fraction of sp³-hybridized carbons (Fsp3) is 0.333. The average molecular weight is 228 g/mol. The number of benzene rings is 1. The Morgan fingerprint density at radius 2 is 2.17 bits per heavy atom. The molecule has 2 N–H and O–H groups in total. The maximum absolute atomic E-state index is 5.81. The minimum atomic E-state index is 0.653. The van der Waals surface area contributed by atoms with Crippen molar-refractivity contribution in [1.82, 2.24) is 0 Å². The van der Waals surface area contributed by atoms with E-state index in [1.165, 1.54) is 5.56 Å². The van der Waals surface area contributed by atoms with Gasteiger partial charge in [0.15, 0.2) is 0 Å². The summed E-state index contributed by atoms with van der Waals surface area (Å²) in [5.74, 6) is 0. The topological polar surface area (TPSA) is 35.2 Å². The molecule has 0 bridgehead atoms. The van der Waals surface area contributed by atoms with Gasteiger partial charge in [0, 0.05) is 15.7 Å². The molecule has 2 rings (SSSR count). The van der Waals surface area contributed by atoms with E-state index in [1.54, 1.807) is 0 Å². The fourth-order valence-electron chi connectivity index (χ4n) is 1.47. The molecule has 1 aliphatic rings. The van der Waals surface area contributed by atoms with E-state index >= 15 is 0 Å². The number of anilines is 1. The van der Waals surface area contributed by atoms with Crippen LogP contribution in [0.1, 0.15) is 11.1 Å². The van der Waals surface area contributed by atoms with Crippen molar-refractivity contribution in [3.8, 4) is 0 Å². The molecule has 0 unspecified atom stereocenters. The first-order chi connectivity index (χ1) is 5.79. The van der Waals surface area contributed by atoms with Crippen LogP contribution in [0, 0.1) is 0 Å². The monoisotopic (exact) mass is 227 g/mol. The van der Waals surface area contributed by atoms with Crippen molar-refractivity contribution < 1.29 is 4.74 Å². The lowest BCUT2D eigenvalue weighted by atomic mass is 10.0. The second-order valence-electron chi connectivity index (χ2n) is 2.90. The minimum Gasteiger partial charge on any atom is -0.398 e. The molecule has 0 aromatic heterocycles. The van der Waals surface area contributed by atoms with Gasteiger partial charge >= 0.3 is 0 Å². The van der Waals surface area contributed by atoms with Gasteiger partial charge in [-0.3, -0.25) is 0 Å². The van der Waals surface area contributed by atoms with Crippen LogP contribution in [0.2, 0.25) is 0 Å². The van der Waals surface area contributed by atoms with E-state index in [4.69, 9.17) is 10.5 Å². The summed E-state index contributed by atoms with van der Waals surface area (Å²) < 4.78 is 6.48. The number of halogens is 1. The zero-order valence-corrected chi connectivity index (χ0v) is 8.23. The lowest BCUT2D eigenvalue weighted by Gasteiger charge is -2.19. The second-order valence-corrected chi connectivity index (χ2v) is 3.75. The normalized spacial score (nSPS) is 15.8. The summed E-state index contributed by atoms with van der Waals surface area (Å²) >= 11 is 3.51. The largest absolute Gasteiger partial charge is 0.398 e. The third-order valence-electron chi connectivity index (χ3n) is 2.15. The molecule has 12 heavy (non-hydrogen) atoms. The number of hydrogen-bond acceptors (Lipinski definition) is 2. The van der Waals surface area contributed by atoms with Crippen LogP contribution < -0.4 is 5.73 Å². The third-order valence-corrected chi connectivity index (χ3v) is 2.90. The molecule has 0 atom stereocenters. The summed E-state index contributed by atoms with van der Waals surface area (Å²) in [6.45, 7) is 1.45. The Hall–Kier alpha value is -0.540. The predicted molar refractivity (Wildman–Crippen MR) is 51.9 cm³/mol. The van der Waals surface area contributed by atoms with E-state index in [-0.39, 0.29) is 0 Å². The van der Waals surface area contributed by atoms with Gasteiger partial charge in [-0.1, -0.05) is 15.9 Å². The Bertz CT molecular complexity index is 281. The van der Waals surface area contributed by atoms with Gasteiger partial charge < -0.3 is 10.5 Å². The Kier molecular flexibility index (Phi) is 2.07. The van der Waals surface area contributed by atoms with Gasteiger partial charge in [0.1, 0.15) is 0 Å². The first-order valence-electron chi connectivity index (χ1n) is 3.92. The molecule has 3 heteroatoms. The summed E-state index contributed by atoms with van der Waals surface area (Å²) in [5.41, 5.74) is 9.11. The summed E-state index contributed by atoms with van der Waals surface area (Å²) in [7, 11) is 0. The van der Waals surface area contributed by atoms with E-state index in [0.717, 1.165) is 28.8 Å². The van der Waals surface area contributed by atoms with E-state index in [9.17, 15) is 0 Å². The van der Waals surface area contributed by atoms with E-state index in [0.29, 0.717) is 6.61 Å². The molecule has 0 saturated heterocycles. The number of rotatable bonds is 0. The molecule has 1 aliphatic heterocycles. The van der Waals surface area contributed by atoms with Crippen LogP contribution in [0.4, 0.5) is 5.69 Å². The molecule has 0 amide bonds. The molecule has 0 aliphatic carbocycles. The lowest BCUT2D eigenvalue weighted by Crippen LogP contribution is -2.12. The zero-order chi connectivity index (χ0) is 8.55. The molecule has 0 fully saturated rings. The van der Waals surface area contributed by atoms with Crippen molar-refractivity contribution in [3.63, 3.8) is 0 Å². The van der Waals surface area contributed by atoms with Crippen molar-refractivity contribution in [2.75, 3.05) is 12.3 Å². The Morgan fingerprint density at radius 3 is 2.92 bits per heavy atom. The van der Waals surface area contributed by atoms with Gasteiger partial charge in [0.2, 0.25) is 0 Å². The summed E-state index contributed by atoms with van der Waals surface area (Å²) in [5, 5.41) is 0. The van der Waals surface area contributed by atoms with Crippen LogP contribution in [0.3, 0.4) is 0 Å². The van der Waals surface area contributed by atoms with Gasteiger partial charge in [-0.15, -0.1) is 0 Å². The van der Waals surface area contributed by atoms with Crippen LogP contribution in [0.15, 0.2) is 16.6 Å². The molecule has 0 radical (unpaired) electrons. The molecule has 1 aromatic carbocycles. The smallest absolute Gasteiger partial charge is 0.0740 e. The van der Waals surface area contributed by atoms with Crippen molar-refractivity contribution in [2.24, 2.45) is 0 Å². The number of hydrogen-bond donors (Lipinski definition) is 1. The van der Waals surface area contributed by atoms with Gasteiger partial charge in [0.05, 0.1) is 13.2 Å². The van der Waals surface area contributed by atoms with Crippen LogP contribution in [-0.2, 0) is 17.8 Å². The zero-order valence-electron chi connectivity index (χ0n) is 6.64. The van der Waals surface area contributed by atoms with E-state index < -0.39 is 0 Å². The van der Waals surface area contributed by atoms with Crippen LogP contribution in [-0.4, -0.2) is 6.61 Å². The molecule has 0 saturated carbocycles. The molecule has 1 heterocycles. The number of ether oxygens (including phenoxy) is 1. The molecular weight excluding hydrogens is 218 g/mol. The highest BCUT2D eigenvalue weighted by molar-refractivity contribution is 9.10. The molecule has 0 spiro atoms. The minimum absolute atomic E-state index is 0.653. The molecule has 64 valence electrons. The summed E-state index contributed by atoms with van der Waals surface area (Å²) in [6, 6.07) is 3.91. The predicted octanol–water partition coefficient (Wildman–Crippen LogP) is 2.10.